The van der Waals surface area contributed by atoms with Crippen LogP contribution in [0.2, 0.25) is 0 Å². The van der Waals surface area contributed by atoms with Crippen LogP contribution >= 0.6 is 0 Å². The minimum Gasteiger partial charge on any atom is -0.497 e. The molecule has 0 amide bonds. The third-order valence-electron chi connectivity index (χ3n) is 2.11. The summed E-state index contributed by atoms with van der Waals surface area (Å²) in [4.78, 5) is 10.5. The van der Waals surface area contributed by atoms with E-state index in [0.717, 1.165) is 22.8 Å². The number of aldehydes is 1. The summed E-state index contributed by atoms with van der Waals surface area (Å²) < 4.78 is 5.10. The zero-order valence-corrected chi connectivity index (χ0v) is 7.78. The van der Waals surface area contributed by atoms with E-state index >= 15 is 0 Å². The van der Waals surface area contributed by atoms with Crippen LogP contribution in [0.4, 0.5) is 0 Å². The Morgan fingerprint density at radius 2 is 2.14 bits per heavy atom. The van der Waals surface area contributed by atoms with Crippen molar-refractivity contribution in [2.45, 2.75) is 0 Å². The van der Waals surface area contributed by atoms with Gasteiger partial charge >= 0.3 is 0 Å². The van der Waals surface area contributed by atoms with E-state index in [9.17, 15) is 4.79 Å². The molecule has 14 heavy (non-hydrogen) atoms. The Kier molecular flexibility index (Phi) is 2.19. The van der Waals surface area contributed by atoms with E-state index in [2.05, 4.69) is 6.07 Å². The Bertz CT molecular complexity index is 475. The number of fused-ring (bicyclic) bond motifs is 1. The van der Waals surface area contributed by atoms with Crippen LogP contribution in [0.3, 0.4) is 0 Å². The largest absolute Gasteiger partial charge is 0.497 e. The lowest BCUT2D eigenvalue weighted by Gasteiger charge is -2.02. The van der Waals surface area contributed by atoms with Crippen molar-refractivity contribution in [1.82, 2.24) is 0 Å². The first kappa shape index (κ1) is 8.75. The maximum atomic E-state index is 10.5. The second kappa shape index (κ2) is 3.50. The molecule has 2 rings (SSSR count). The third-order valence-corrected chi connectivity index (χ3v) is 2.11. The maximum Gasteiger partial charge on any atom is 0.150 e. The van der Waals surface area contributed by atoms with E-state index in [1.54, 1.807) is 13.2 Å². The lowest BCUT2D eigenvalue weighted by Crippen LogP contribution is -1.84. The molecule has 0 fully saturated rings. The number of ether oxygens (including phenoxy) is 1. The molecule has 0 atom stereocenters. The van der Waals surface area contributed by atoms with Crippen molar-refractivity contribution in [1.29, 1.82) is 0 Å². The second-order valence-corrected chi connectivity index (χ2v) is 2.98. The molecule has 0 saturated carbocycles. The molecule has 0 aliphatic rings. The first-order valence-corrected chi connectivity index (χ1v) is 4.29. The first-order chi connectivity index (χ1) is 6.83. The van der Waals surface area contributed by atoms with Crippen molar-refractivity contribution >= 4 is 17.1 Å². The molecular weight excluding hydrogens is 176 g/mol. The SMILES string of the molecule is COc1ccc2[c]c(C=O)ccc2c1. The van der Waals surface area contributed by atoms with Crippen molar-refractivity contribution < 1.29 is 9.53 Å². The highest BCUT2D eigenvalue weighted by molar-refractivity contribution is 5.88. The highest BCUT2D eigenvalue weighted by atomic mass is 16.5. The molecule has 0 heterocycles. The van der Waals surface area contributed by atoms with Gasteiger partial charge in [-0.3, -0.25) is 4.79 Å². The van der Waals surface area contributed by atoms with Crippen LogP contribution in [0.5, 0.6) is 5.75 Å². The minimum atomic E-state index is 0.572. The van der Waals surface area contributed by atoms with Crippen molar-refractivity contribution in [2.24, 2.45) is 0 Å². The fourth-order valence-corrected chi connectivity index (χ4v) is 1.36. The molecule has 0 aliphatic carbocycles. The predicted octanol–water partition coefficient (Wildman–Crippen LogP) is 2.46. The summed E-state index contributed by atoms with van der Waals surface area (Å²) in [5.41, 5.74) is 0.572. The molecule has 0 bridgehead atoms. The molecule has 0 saturated heterocycles. The monoisotopic (exact) mass is 185 g/mol. The van der Waals surface area contributed by atoms with Crippen LogP contribution < -0.4 is 4.74 Å². The lowest BCUT2D eigenvalue weighted by atomic mass is 10.1. The van der Waals surface area contributed by atoms with E-state index in [1.807, 2.05) is 24.3 Å². The van der Waals surface area contributed by atoms with Gasteiger partial charge in [0.25, 0.3) is 0 Å². The smallest absolute Gasteiger partial charge is 0.150 e. The van der Waals surface area contributed by atoms with Gasteiger partial charge in [-0.25, -0.2) is 0 Å². The highest BCUT2D eigenvalue weighted by Gasteiger charge is 1.97. The molecule has 2 nitrogen and oxygen atoms in total. The number of carbonyl (C=O) groups is 1. The third kappa shape index (κ3) is 1.46. The van der Waals surface area contributed by atoms with Crippen molar-refractivity contribution in [3.8, 4) is 5.75 Å². The standard InChI is InChI=1S/C12H9O2/c1-14-12-5-4-10-6-9(8-13)2-3-11(10)7-12/h2-5,7-8H,1H3. The number of methoxy groups -OCH3 is 1. The fourth-order valence-electron chi connectivity index (χ4n) is 1.36. The van der Waals surface area contributed by atoms with Gasteiger partial charge in [0.2, 0.25) is 0 Å². The molecule has 0 aromatic heterocycles. The zero-order chi connectivity index (χ0) is 9.97. The van der Waals surface area contributed by atoms with Crippen LogP contribution in [-0.4, -0.2) is 13.4 Å². The van der Waals surface area contributed by atoms with Gasteiger partial charge in [-0.15, -0.1) is 0 Å². The number of hydrogen-bond donors (Lipinski definition) is 0. The summed E-state index contributed by atoms with van der Waals surface area (Å²) in [5.74, 6) is 0.810. The molecule has 2 heteroatoms. The summed E-state index contributed by atoms with van der Waals surface area (Å²) in [7, 11) is 1.63. The molecule has 69 valence electrons. The Balaban J connectivity index is 2.63. The Hall–Kier alpha value is -1.83. The molecule has 2 aromatic carbocycles. The van der Waals surface area contributed by atoms with Crippen LogP contribution in [0, 0.1) is 6.07 Å². The van der Waals surface area contributed by atoms with Crippen LogP contribution in [0.25, 0.3) is 10.8 Å². The highest BCUT2D eigenvalue weighted by Crippen LogP contribution is 2.20. The topological polar surface area (TPSA) is 26.3 Å². The summed E-state index contributed by atoms with van der Waals surface area (Å²) in [5, 5.41) is 1.95. The van der Waals surface area contributed by atoms with Crippen molar-refractivity contribution in [3.63, 3.8) is 0 Å². The van der Waals surface area contributed by atoms with Crippen molar-refractivity contribution in [3.05, 3.63) is 42.0 Å². The quantitative estimate of drug-likeness (QED) is 0.672. The fraction of sp³-hybridized carbons (Fsp3) is 0.0833. The van der Waals surface area contributed by atoms with Gasteiger partial charge in [0.1, 0.15) is 5.75 Å². The van der Waals surface area contributed by atoms with E-state index in [0.29, 0.717) is 5.56 Å². The van der Waals surface area contributed by atoms with Crippen LogP contribution in [0.15, 0.2) is 30.3 Å². The van der Waals surface area contributed by atoms with Gasteiger partial charge in [0, 0.05) is 11.6 Å². The number of hydrogen-bond acceptors (Lipinski definition) is 2. The van der Waals surface area contributed by atoms with Gasteiger partial charge in [-0.05, 0) is 22.9 Å². The Labute approximate surface area is 82.1 Å². The normalized spacial score (nSPS) is 10.1. The van der Waals surface area contributed by atoms with Gasteiger partial charge < -0.3 is 4.74 Å². The van der Waals surface area contributed by atoms with E-state index in [1.165, 1.54) is 0 Å². The molecule has 0 aliphatic heterocycles. The predicted molar refractivity (Wildman–Crippen MR) is 54.7 cm³/mol. The summed E-state index contributed by atoms with van der Waals surface area (Å²) in [6, 6.07) is 12.3. The Morgan fingerprint density at radius 3 is 2.86 bits per heavy atom. The average Bonchev–Trinajstić information content (AvgIpc) is 2.27. The molecule has 2 aromatic rings. The molecule has 0 N–H and O–H groups in total. The van der Waals surface area contributed by atoms with E-state index in [4.69, 9.17) is 4.74 Å². The minimum absolute atomic E-state index is 0.572. The number of carbonyl (C=O) groups excluding carboxylic acids is 1. The van der Waals surface area contributed by atoms with Gasteiger partial charge in [-0.1, -0.05) is 18.2 Å². The lowest BCUT2D eigenvalue weighted by molar-refractivity contribution is 0.112. The number of rotatable bonds is 2. The van der Waals surface area contributed by atoms with Gasteiger partial charge in [-0.2, -0.15) is 0 Å². The van der Waals surface area contributed by atoms with Crippen LogP contribution in [-0.2, 0) is 0 Å². The second-order valence-electron chi connectivity index (χ2n) is 2.98. The Morgan fingerprint density at radius 1 is 1.29 bits per heavy atom. The molecule has 0 unspecified atom stereocenters. The van der Waals surface area contributed by atoms with Gasteiger partial charge in [0.05, 0.1) is 7.11 Å². The zero-order valence-electron chi connectivity index (χ0n) is 7.78. The van der Waals surface area contributed by atoms with Gasteiger partial charge in [0.15, 0.2) is 6.29 Å². The molecule has 1 radical (unpaired) electrons. The van der Waals surface area contributed by atoms with Crippen molar-refractivity contribution in [2.75, 3.05) is 7.11 Å². The summed E-state index contributed by atoms with van der Waals surface area (Å²) in [6.45, 7) is 0. The number of benzene rings is 2. The molecule has 0 spiro atoms. The summed E-state index contributed by atoms with van der Waals surface area (Å²) in [6.07, 6.45) is 0.795. The van der Waals surface area contributed by atoms with E-state index in [-0.39, 0.29) is 0 Å². The van der Waals surface area contributed by atoms with Crippen LogP contribution in [0.1, 0.15) is 10.4 Å². The maximum absolute atomic E-state index is 10.5. The average molecular weight is 185 g/mol. The first-order valence-electron chi connectivity index (χ1n) is 4.29. The van der Waals surface area contributed by atoms with E-state index < -0.39 is 0 Å². The summed E-state index contributed by atoms with van der Waals surface area (Å²) >= 11 is 0. The molecular formula is C12H9O2.